The fourth-order valence-electron chi connectivity index (χ4n) is 2.48. The molecule has 1 saturated heterocycles. The van der Waals surface area contributed by atoms with Gasteiger partial charge in [-0.1, -0.05) is 6.92 Å². The van der Waals surface area contributed by atoms with Crippen molar-refractivity contribution in [3.8, 4) is 0 Å². The van der Waals surface area contributed by atoms with Gasteiger partial charge in [-0.3, -0.25) is 0 Å². The Hall–Kier alpha value is -2.04. The van der Waals surface area contributed by atoms with Crippen LogP contribution in [0.5, 0.6) is 0 Å². The van der Waals surface area contributed by atoms with Crippen molar-refractivity contribution < 1.29 is 14.3 Å². The molecule has 1 atom stereocenters. The Morgan fingerprint density at radius 1 is 1.33 bits per heavy atom. The smallest absolute Gasteiger partial charge is 0.338 e. The second kappa shape index (κ2) is 7.11. The average Bonchev–Trinajstić information content (AvgIpc) is 2.48. The highest BCUT2D eigenvalue weighted by molar-refractivity contribution is 5.92. The number of rotatable bonds is 3. The molecule has 0 radical (unpaired) electrons. The maximum atomic E-state index is 12.2. The van der Waals surface area contributed by atoms with Gasteiger partial charge in [-0.2, -0.15) is 0 Å². The summed E-state index contributed by atoms with van der Waals surface area (Å²) in [5, 5.41) is 2.87. The lowest BCUT2D eigenvalue weighted by molar-refractivity contribution is 0.0526. The molecule has 5 heteroatoms. The molecule has 114 valence electrons. The lowest BCUT2D eigenvalue weighted by atomic mass is 10.0. The quantitative estimate of drug-likeness (QED) is 0.870. The molecule has 1 aromatic rings. The second-order valence-corrected chi connectivity index (χ2v) is 5.42. The molecule has 5 nitrogen and oxygen atoms in total. The number of carbonyl (C=O) groups excluding carboxylic acids is 2. The summed E-state index contributed by atoms with van der Waals surface area (Å²) in [5.41, 5.74) is 1.17. The van der Waals surface area contributed by atoms with Gasteiger partial charge >= 0.3 is 12.0 Å². The summed E-state index contributed by atoms with van der Waals surface area (Å²) in [7, 11) is 0. The van der Waals surface area contributed by atoms with E-state index in [1.54, 1.807) is 31.2 Å². The number of urea groups is 1. The number of benzene rings is 1. The summed E-state index contributed by atoms with van der Waals surface area (Å²) in [4.78, 5) is 25.5. The van der Waals surface area contributed by atoms with Crippen LogP contribution < -0.4 is 5.32 Å². The summed E-state index contributed by atoms with van der Waals surface area (Å²) < 4.78 is 4.92. The van der Waals surface area contributed by atoms with Gasteiger partial charge in [-0.15, -0.1) is 0 Å². The van der Waals surface area contributed by atoms with Crippen molar-refractivity contribution in [2.24, 2.45) is 5.92 Å². The van der Waals surface area contributed by atoms with E-state index in [0.29, 0.717) is 23.8 Å². The van der Waals surface area contributed by atoms with E-state index in [-0.39, 0.29) is 12.0 Å². The van der Waals surface area contributed by atoms with E-state index in [2.05, 4.69) is 12.2 Å². The fourth-order valence-corrected chi connectivity index (χ4v) is 2.48. The molecular formula is C16H22N2O3. The minimum atomic E-state index is -0.347. The van der Waals surface area contributed by atoms with Gasteiger partial charge in [0, 0.05) is 18.8 Å². The third-order valence-corrected chi connectivity index (χ3v) is 3.59. The molecule has 0 saturated carbocycles. The van der Waals surface area contributed by atoms with Gasteiger partial charge in [-0.25, -0.2) is 9.59 Å². The number of hydrogen-bond donors (Lipinski definition) is 1. The molecule has 1 aliphatic rings. The van der Waals surface area contributed by atoms with Crippen LogP contribution in [0.15, 0.2) is 24.3 Å². The van der Waals surface area contributed by atoms with Gasteiger partial charge in [0.1, 0.15) is 0 Å². The van der Waals surface area contributed by atoms with Crippen LogP contribution in [-0.4, -0.2) is 36.6 Å². The zero-order chi connectivity index (χ0) is 15.2. The lowest BCUT2D eigenvalue weighted by Gasteiger charge is -2.30. The minimum absolute atomic E-state index is 0.0783. The van der Waals surface area contributed by atoms with E-state index < -0.39 is 0 Å². The Morgan fingerprint density at radius 2 is 2.05 bits per heavy atom. The number of nitrogens with one attached hydrogen (secondary N) is 1. The summed E-state index contributed by atoms with van der Waals surface area (Å²) in [5.74, 6) is 0.205. The van der Waals surface area contributed by atoms with Gasteiger partial charge in [0.05, 0.1) is 12.2 Å². The van der Waals surface area contributed by atoms with Crippen LogP contribution in [0.3, 0.4) is 0 Å². The monoisotopic (exact) mass is 290 g/mol. The van der Waals surface area contributed by atoms with Crippen LogP contribution in [0.4, 0.5) is 10.5 Å². The molecule has 0 bridgehead atoms. The molecule has 0 aliphatic carbocycles. The molecule has 0 spiro atoms. The maximum Gasteiger partial charge on any atom is 0.338 e. The molecule has 0 aromatic heterocycles. The Kier molecular flexibility index (Phi) is 5.20. The van der Waals surface area contributed by atoms with Gasteiger partial charge in [0.2, 0.25) is 0 Å². The zero-order valence-electron chi connectivity index (χ0n) is 12.6. The Labute approximate surface area is 125 Å². The summed E-state index contributed by atoms with van der Waals surface area (Å²) in [6.07, 6.45) is 2.23. The first kappa shape index (κ1) is 15.4. The highest BCUT2D eigenvalue weighted by Gasteiger charge is 2.20. The molecule has 21 heavy (non-hydrogen) atoms. The van der Waals surface area contributed by atoms with Crippen molar-refractivity contribution in [1.29, 1.82) is 0 Å². The molecule has 1 N–H and O–H groups in total. The zero-order valence-corrected chi connectivity index (χ0v) is 12.6. The van der Waals surface area contributed by atoms with Crippen molar-refractivity contribution in [2.45, 2.75) is 26.7 Å². The molecular weight excluding hydrogens is 268 g/mol. The number of carbonyl (C=O) groups is 2. The van der Waals surface area contributed by atoms with Crippen LogP contribution in [0.1, 0.15) is 37.0 Å². The topological polar surface area (TPSA) is 58.6 Å². The first-order chi connectivity index (χ1) is 10.1. The number of hydrogen-bond acceptors (Lipinski definition) is 3. The number of piperidine rings is 1. The molecule has 0 unspecified atom stereocenters. The van der Waals surface area contributed by atoms with Crippen molar-refractivity contribution in [2.75, 3.05) is 25.0 Å². The standard InChI is InChI=1S/C16H22N2O3/c1-3-21-15(19)13-6-8-14(9-7-13)17-16(20)18-10-4-5-12(2)11-18/h6-9,12H,3-5,10-11H2,1-2H3,(H,17,20)/t12-/m1/s1. The molecule has 1 heterocycles. The number of amides is 2. The van der Waals surface area contributed by atoms with E-state index in [9.17, 15) is 9.59 Å². The molecule has 1 aromatic carbocycles. The predicted molar refractivity (Wildman–Crippen MR) is 81.4 cm³/mol. The molecule has 2 amide bonds. The third kappa shape index (κ3) is 4.21. The van der Waals surface area contributed by atoms with E-state index in [1.165, 1.54) is 6.42 Å². The Morgan fingerprint density at radius 3 is 2.67 bits per heavy atom. The van der Waals surface area contributed by atoms with Gasteiger partial charge in [-0.05, 0) is 49.9 Å². The van der Waals surface area contributed by atoms with E-state index in [0.717, 1.165) is 19.5 Å². The van der Waals surface area contributed by atoms with Crippen molar-refractivity contribution in [3.63, 3.8) is 0 Å². The Bertz CT molecular complexity index is 499. The highest BCUT2D eigenvalue weighted by Crippen LogP contribution is 2.17. The SMILES string of the molecule is CCOC(=O)c1ccc(NC(=O)N2CCC[C@@H](C)C2)cc1. The van der Waals surface area contributed by atoms with E-state index in [4.69, 9.17) is 4.74 Å². The minimum Gasteiger partial charge on any atom is -0.462 e. The number of anilines is 1. The van der Waals surface area contributed by atoms with Crippen LogP contribution in [0, 0.1) is 5.92 Å². The normalized spacial score (nSPS) is 18.2. The van der Waals surface area contributed by atoms with Crippen molar-refractivity contribution in [1.82, 2.24) is 4.90 Å². The van der Waals surface area contributed by atoms with E-state index >= 15 is 0 Å². The van der Waals surface area contributed by atoms with E-state index in [1.807, 2.05) is 4.90 Å². The average molecular weight is 290 g/mol. The second-order valence-electron chi connectivity index (χ2n) is 5.42. The summed E-state index contributed by atoms with van der Waals surface area (Å²) >= 11 is 0. The van der Waals surface area contributed by atoms with Crippen LogP contribution in [0.25, 0.3) is 0 Å². The lowest BCUT2D eigenvalue weighted by Crippen LogP contribution is -2.41. The molecule has 2 rings (SSSR count). The largest absolute Gasteiger partial charge is 0.462 e. The number of likely N-dealkylation sites (tertiary alicyclic amines) is 1. The molecule has 1 fully saturated rings. The highest BCUT2D eigenvalue weighted by atomic mass is 16.5. The number of ether oxygens (including phenoxy) is 1. The predicted octanol–water partition coefficient (Wildman–Crippen LogP) is 3.13. The van der Waals surface area contributed by atoms with Gasteiger partial charge in [0.25, 0.3) is 0 Å². The fraction of sp³-hybridized carbons (Fsp3) is 0.500. The van der Waals surface area contributed by atoms with Gasteiger partial charge in [0.15, 0.2) is 0 Å². The number of esters is 1. The van der Waals surface area contributed by atoms with Crippen LogP contribution in [-0.2, 0) is 4.74 Å². The molecule has 1 aliphatic heterocycles. The van der Waals surface area contributed by atoms with Crippen molar-refractivity contribution in [3.05, 3.63) is 29.8 Å². The van der Waals surface area contributed by atoms with Crippen LogP contribution in [0.2, 0.25) is 0 Å². The third-order valence-electron chi connectivity index (χ3n) is 3.59. The Balaban J connectivity index is 1.93. The first-order valence-electron chi connectivity index (χ1n) is 7.43. The summed E-state index contributed by atoms with van der Waals surface area (Å²) in [6, 6.07) is 6.68. The summed E-state index contributed by atoms with van der Waals surface area (Å²) in [6.45, 7) is 5.88. The number of nitrogens with zero attached hydrogens (tertiary/aromatic N) is 1. The maximum absolute atomic E-state index is 12.2. The van der Waals surface area contributed by atoms with Crippen molar-refractivity contribution >= 4 is 17.7 Å². The first-order valence-corrected chi connectivity index (χ1v) is 7.43. The van der Waals surface area contributed by atoms with Crippen LogP contribution >= 0.6 is 0 Å². The van der Waals surface area contributed by atoms with Gasteiger partial charge < -0.3 is 15.0 Å².